The topological polar surface area (TPSA) is 55.0 Å². The Bertz CT molecular complexity index is 632. The standard InChI is InChI=1S/C17H22N4S/c1-17(2)8-10-21(11-9-17)14-12-19-16(15(18)20-14)22-13-6-4-3-5-7-13/h3-7,12H,8-11H2,1-2H3,(H2,18,20). The van der Waals surface area contributed by atoms with Crippen LogP contribution in [0, 0.1) is 5.41 Å². The minimum atomic E-state index is 0.429. The van der Waals surface area contributed by atoms with Crippen LogP contribution in [0.25, 0.3) is 0 Å². The molecule has 0 saturated carbocycles. The van der Waals surface area contributed by atoms with Gasteiger partial charge < -0.3 is 10.6 Å². The van der Waals surface area contributed by atoms with Gasteiger partial charge in [0.2, 0.25) is 0 Å². The van der Waals surface area contributed by atoms with E-state index in [1.54, 1.807) is 11.8 Å². The number of rotatable bonds is 3. The van der Waals surface area contributed by atoms with Gasteiger partial charge in [-0.05, 0) is 30.4 Å². The van der Waals surface area contributed by atoms with Gasteiger partial charge in [0.15, 0.2) is 5.82 Å². The molecule has 1 aliphatic rings. The van der Waals surface area contributed by atoms with E-state index in [1.807, 2.05) is 36.5 Å². The second kappa shape index (κ2) is 6.16. The SMILES string of the molecule is CC1(C)CCN(c2cnc(Sc3ccccc3)c(N)n2)CC1. The molecule has 0 atom stereocenters. The van der Waals surface area contributed by atoms with Crippen molar-refractivity contribution in [3.8, 4) is 0 Å². The third-order valence-corrected chi connectivity index (χ3v) is 5.17. The number of nitrogens with two attached hydrogens (primary N) is 1. The molecule has 0 unspecified atom stereocenters. The van der Waals surface area contributed by atoms with Crippen molar-refractivity contribution in [2.24, 2.45) is 5.41 Å². The van der Waals surface area contributed by atoms with Crippen LogP contribution < -0.4 is 10.6 Å². The van der Waals surface area contributed by atoms with Crippen LogP contribution in [-0.2, 0) is 0 Å². The van der Waals surface area contributed by atoms with E-state index in [2.05, 4.69) is 28.7 Å². The van der Waals surface area contributed by atoms with Crippen LogP contribution >= 0.6 is 11.8 Å². The first-order valence-corrected chi connectivity index (χ1v) is 8.45. The molecular formula is C17H22N4S. The minimum absolute atomic E-state index is 0.429. The predicted octanol–water partition coefficient (Wildman–Crippen LogP) is 3.84. The summed E-state index contributed by atoms with van der Waals surface area (Å²) in [6.45, 7) is 6.69. The molecular weight excluding hydrogens is 292 g/mol. The van der Waals surface area contributed by atoms with Crippen LogP contribution in [-0.4, -0.2) is 23.1 Å². The molecule has 0 spiro atoms. The highest BCUT2D eigenvalue weighted by atomic mass is 32.2. The van der Waals surface area contributed by atoms with Gasteiger partial charge in [0.05, 0.1) is 6.20 Å². The number of benzene rings is 1. The maximum atomic E-state index is 6.11. The van der Waals surface area contributed by atoms with Gasteiger partial charge in [-0.1, -0.05) is 43.8 Å². The van der Waals surface area contributed by atoms with Gasteiger partial charge in [-0.25, -0.2) is 9.97 Å². The van der Waals surface area contributed by atoms with Gasteiger partial charge in [0.1, 0.15) is 10.8 Å². The van der Waals surface area contributed by atoms with Gasteiger partial charge in [0.25, 0.3) is 0 Å². The Balaban J connectivity index is 1.72. The first-order valence-electron chi connectivity index (χ1n) is 7.64. The molecule has 0 radical (unpaired) electrons. The van der Waals surface area contributed by atoms with E-state index in [-0.39, 0.29) is 0 Å². The highest BCUT2D eigenvalue weighted by Gasteiger charge is 2.26. The molecule has 1 aromatic heterocycles. The minimum Gasteiger partial charge on any atom is -0.381 e. The van der Waals surface area contributed by atoms with Gasteiger partial charge in [0, 0.05) is 18.0 Å². The lowest BCUT2D eigenvalue weighted by molar-refractivity contribution is 0.279. The van der Waals surface area contributed by atoms with E-state index >= 15 is 0 Å². The number of hydrogen-bond acceptors (Lipinski definition) is 5. The fourth-order valence-electron chi connectivity index (χ4n) is 2.55. The third kappa shape index (κ3) is 3.53. The summed E-state index contributed by atoms with van der Waals surface area (Å²) in [5.74, 6) is 1.40. The number of nitrogens with zero attached hydrogens (tertiary/aromatic N) is 3. The largest absolute Gasteiger partial charge is 0.381 e. The quantitative estimate of drug-likeness (QED) is 0.933. The zero-order valence-electron chi connectivity index (χ0n) is 13.1. The van der Waals surface area contributed by atoms with Crippen LogP contribution in [0.4, 0.5) is 11.6 Å². The first-order chi connectivity index (χ1) is 10.5. The van der Waals surface area contributed by atoms with Crippen molar-refractivity contribution in [3.63, 3.8) is 0 Å². The van der Waals surface area contributed by atoms with E-state index in [0.717, 1.165) is 28.8 Å². The summed E-state index contributed by atoms with van der Waals surface area (Å²) in [5.41, 5.74) is 6.54. The van der Waals surface area contributed by atoms with E-state index in [0.29, 0.717) is 11.2 Å². The van der Waals surface area contributed by atoms with Gasteiger partial charge in [-0.2, -0.15) is 0 Å². The average molecular weight is 314 g/mol. The molecule has 2 aromatic rings. The molecule has 116 valence electrons. The summed E-state index contributed by atoms with van der Waals surface area (Å²) >= 11 is 1.55. The second-order valence-electron chi connectivity index (χ2n) is 6.48. The van der Waals surface area contributed by atoms with Crippen LogP contribution in [0.2, 0.25) is 0 Å². The molecule has 2 heterocycles. The predicted molar refractivity (Wildman–Crippen MR) is 92.2 cm³/mol. The second-order valence-corrected chi connectivity index (χ2v) is 7.55. The zero-order chi connectivity index (χ0) is 15.6. The lowest BCUT2D eigenvalue weighted by atomic mass is 9.83. The normalized spacial score (nSPS) is 17.5. The molecule has 1 fully saturated rings. The summed E-state index contributed by atoms with van der Waals surface area (Å²) in [4.78, 5) is 12.5. The van der Waals surface area contributed by atoms with E-state index in [1.165, 1.54) is 12.8 Å². The number of nitrogen functional groups attached to an aromatic ring is 1. The van der Waals surface area contributed by atoms with Crippen molar-refractivity contribution < 1.29 is 0 Å². The number of aromatic nitrogens is 2. The lowest BCUT2D eigenvalue weighted by Gasteiger charge is -2.37. The highest BCUT2D eigenvalue weighted by Crippen LogP contribution is 2.33. The van der Waals surface area contributed by atoms with Crippen LogP contribution in [0.15, 0.2) is 46.5 Å². The van der Waals surface area contributed by atoms with Gasteiger partial charge in [-0.15, -0.1) is 0 Å². The molecule has 0 bridgehead atoms. The number of piperidine rings is 1. The summed E-state index contributed by atoms with van der Waals surface area (Å²) in [7, 11) is 0. The fraction of sp³-hybridized carbons (Fsp3) is 0.412. The highest BCUT2D eigenvalue weighted by molar-refractivity contribution is 7.99. The van der Waals surface area contributed by atoms with Crippen molar-refractivity contribution in [2.45, 2.75) is 36.6 Å². The van der Waals surface area contributed by atoms with E-state index in [9.17, 15) is 0 Å². The molecule has 4 nitrogen and oxygen atoms in total. The Morgan fingerprint density at radius 2 is 1.82 bits per heavy atom. The maximum absolute atomic E-state index is 6.11. The number of hydrogen-bond donors (Lipinski definition) is 1. The van der Waals surface area contributed by atoms with Gasteiger partial charge in [-0.3, -0.25) is 0 Å². The Morgan fingerprint density at radius 3 is 2.45 bits per heavy atom. The Hall–Kier alpha value is -1.75. The summed E-state index contributed by atoms with van der Waals surface area (Å²) in [6.07, 6.45) is 4.20. The molecule has 22 heavy (non-hydrogen) atoms. The molecule has 0 aliphatic carbocycles. The monoisotopic (exact) mass is 314 g/mol. The Morgan fingerprint density at radius 1 is 1.14 bits per heavy atom. The molecule has 1 saturated heterocycles. The number of anilines is 2. The molecule has 1 aliphatic heterocycles. The van der Waals surface area contributed by atoms with Crippen LogP contribution in [0.5, 0.6) is 0 Å². The average Bonchev–Trinajstić information content (AvgIpc) is 2.50. The third-order valence-electron chi connectivity index (χ3n) is 4.15. The van der Waals surface area contributed by atoms with Crippen molar-refractivity contribution in [2.75, 3.05) is 23.7 Å². The summed E-state index contributed by atoms with van der Waals surface area (Å²) < 4.78 is 0. The summed E-state index contributed by atoms with van der Waals surface area (Å²) in [6, 6.07) is 10.1. The Kier molecular flexibility index (Phi) is 4.25. The van der Waals surface area contributed by atoms with Crippen molar-refractivity contribution >= 4 is 23.4 Å². The van der Waals surface area contributed by atoms with Crippen molar-refractivity contribution in [1.82, 2.24) is 9.97 Å². The molecule has 0 amide bonds. The maximum Gasteiger partial charge on any atom is 0.158 e. The van der Waals surface area contributed by atoms with Gasteiger partial charge >= 0.3 is 0 Å². The zero-order valence-corrected chi connectivity index (χ0v) is 13.9. The molecule has 2 N–H and O–H groups in total. The lowest BCUT2D eigenvalue weighted by Crippen LogP contribution is -2.37. The Labute approximate surface area is 136 Å². The first kappa shape index (κ1) is 15.2. The summed E-state index contributed by atoms with van der Waals surface area (Å²) in [5, 5.41) is 0.771. The molecule has 3 rings (SSSR count). The molecule has 5 heteroatoms. The van der Waals surface area contributed by atoms with Crippen LogP contribution in [0.3, 0.4) is 0 Å². The van der Waals surface area contributed by atoms with E-state index in [4.69, 9.17) is 5.73 Å². The van der Waals surface area contributed by atoms with Crippen LogP contribution in [0.1, 0.15) is 26.7 Å². The van der Waals surface area contributed by atoms with Crippen molar-refractivity contribution in [3.05, 3.63) is 36.5 Å². The molecule has 1 aromatic carbocycles. The van der Waals surface area contributed by atoms with Crippen molar-refractivity contribution in [1.29, 1.82) is 0 Å². The fourth-order valence-corrected chi connectivity index (χ4v) is 3.33. The van der Waals surface area contributed by atoms with E-state index < -0.39 is 0 Å². The smallest absolute Gasteiger partial charge is 0.158 e.